The molecule has 2 aromatic rings. The second-order valence-corrected chi connectivity index (χ2v) is 4.08. The van der Waals surface area contributed by atoms with Crippen molar-refractivity contribution in [2.75, 3.05) is 12.4 Å². The van der Waals surface area contributed by atoms with Crippen LogP contribution in [-0.4, -0.2) is 17.3 Å². The molecule has 0 aliphatic rings. The van der Waals surface area contributed by atoms with Gasteiger partial charge in [-0.15, -0.1) is 10.2 Å². The van der Waals surface area contributed by atoms with Gasteiger partial charge in [0.2, 0.25) is 5.13 Å². The molecule has 6 heteroatoms. The highest BCUT2D eigenvalue weighted by Crippen LogP contribution is 2.19. The minimum Gasteiger partial charge on any atom is -0.495 e. The van der Waals surface area contributed by atoms with E-state index < -0.39 is 0 Å². The number of nitriles is 1. The number of anilines is 1. The Bertz CT molecular complexity index is 533. The molecule has 86 valence electrons. The molecular weight excluding hydrogens is 236 g/mol. The number of benzene rings is 1. The summed E-state index contributed by atoms with van der Waals surface area (Å²) < 4.78 is 5.08. The number of hydrogen-bond donors (Lipinski definition) is 1. The van der Waals surface area contributed by atoms with Gasteiger partial charge in [-0.3, -0.25) is 0 Å². The van der Waals surface area contributed by atoms with E-state index in [4.69, 9.17) is 10.00 Å². The van der Waals surface area contributed by atoms with Crippen LogP contribution >= 0.6 is 11.3 Å². The largest absolute Gasteiger partial charge is 0.495 e. The van der Waals surface area contributed by atoms with Crippen molar-refractivity contribution in [3.63, 3.8) is 0 Å². The van der Waals surface area contributed by atoms with Crippen LogP contribution in [0.4, 0.5) is 5.13 Å². The van der Waals surface area contributed by atoms with E-state index in [1.165, 1.54) is 11.3 Å². The molecule has 0 aliphatic heterocycles. The number of nitrogens with one attached hydrogen (secondary N) is 1. The molecule has 0 aliphatic carbocycles. The fraction of sp³-hybridized carbons (Fsp3) is 0.182. The fourth-order valence-electron chi connectivity index (χ4n) is 1.38. The summed E-state index contributed by atoms with van der Waals surface area (Å²) in [5, 5.41) is 20.4. The Morgan fingerprint density at radius 1 is 1.53 bits per heavy atom. The van der Waals surface area contributed by atoms with Gasteiger partial charge in [0.1, 0.15) is 17.3 Å². The molecule has 0 amide bonds. The van der Waals surface area contributed by atoms with E-state index in [0.717, 1.165) is 10.7 Å². The summed E-state index contributed by atoms with van der Waals surface area (Å²) >= 11 is 1.44. The topological polar surface area (TPSA) is 70.8 Å². The predicted octanol–water partition coefficient (Wildman–Crippen LogP) is 2.03. The Morgan fingerprint density at radius 2 is 2.41 bits per heavy atom. The molecule has 17 heavy (non-hydrogen) atoms. The van der Waals surface area contributed by atoms with Crippen LogP contribution in [0.3, 0.4) is 0 Å². The van der Waals surface area contributed by atoms with Gasteiger partial charge in [-0.25, -0.2) is 0 Å². The van der Waals surface area contributed by atoms with E-state index >= 15 is 0 Å². The van der Waals surface area contributed by atoms with E-state index in [-0.39, 0.29) is 0 Å². The maximum atomic E-state index is 8.96. The van der Waals surface area contributed by atoms with Crippen molar-refractivity contribution >= 4 is 16.5 Å². The summed E-state index contributed by atoms with van der Waals surface area (Å²) in [6.07, 6.45) is 0. The number of methoxy groups -OCH3 is 1. The van der Waals surface area contributed by atoms with E-state index in [1.807, 2.05) is 6.07 Å². The van der Waals surface area contributed by atoms with Crippen LogP contribution in [-0.2, 0) is 6.54 Å². The first-order chi connectivity index (χ1) is 8.33. The lowest BCUT2D eigenvalue weighted by atomic mass is 10.1. The maximum absolute atomic E-state index is 8.96. The summed E-state index contributed by atoms with van der Waals surface area (Å²) in [6, 6.07) is 7.60. The van der Waals surface area contributed by atoms with Crippen molar-refractivity contribution in [1.82, 2.24) is 10.2 Å². The van der Waals surface area contributed by atoms with Gasteiger partial charge in [0.05, 0.1) is 12.7 Å². The van der Waals surface area contributed by atoms with Gasteiger partial charge in [-0.2, -0.15) is 5.26 Å². The highest BCUT2D eigenvalue weighted by molar-refractivity contribution is 7.13. The normalized spacial score (nSPS) is 9.65. The smallest absolute Gasteiger partial charge is 0.205 e. The second-order valence-electron chi connectivity index (χ2n) is 3.24. The number of rotatable bonds is 4. The molecule has 0 unspecified atom stereocenters. The molecule has 0 spiro atoms. The van der Waals surface area contributed by atoms with Gasteiger partial charge < -0.3 is 10.1 Å². The Morgan fingerprint density at radius 3 is 3.06 bits per heavy atom. The first-order valence-corrected chi connectivity index (χ1v) is 5.78. The van der Waals surface area contributed by atoms with Crippen molar-refractivity contribution in [2.45, 2.75) is 6.54 Å². The quantitative estimate of drug-likeness (QED) is 0.893. The number of aromatic nitrogens is 2. The van der Waals surface area contributed by atoms with Gasteiger partial charge in [0.25, 0.3) is 0 Å². The minimum absolute atomic E-state index is 0.532. The predicted molar refractivity (Wildman–Crippen MR) is 64.9 cm³/mol. The lowest BCUT2D eigenvalue weighted by Gasteiger charge is -2.06. The van der Waals surface area contributed by atoms with E-state index in [2.05, 4.69) is 21.6 Å². The molecule has 1 aromatic heterocycles. The molecule has 0 saturated carbocycles. The lowest BCUT2D eigenvalue weighted by Crippen LogP contribution is -2.00. The van der Waals surface area contributed by atoms with E-state index in [0.29, 0.717) is 17.9 Å². The van der Waals surface area contributed by atoms with E-state index in [9.17, 15) is 0 Å². The molecule has 0 fully saturated rings. The van der Waals surface area contributed by atoms with Crippen LogP contribution < -0.4 is 10.1 Å². The summed E-state index contributed by atoms with van der Waals surface area (Å²) in [4.78, 5) is 0. The van der Waals surface area contributed by atoms with Crippen LogP contribution in [0.2, 0.25) is 0 Å². The number of nitrogens with zero attached hydrogens (tertiary/aromatic N) is 3. The molecule has 0 radical (unpaired) electrons. The molecule has 2 rings (SSSR count). The number of hydrogen-bond acceptors (Lipinski definition) is 6. The van der Waals surface area contributed by atoms with Crippen LogP contribution in [0.1, 0.15) is 11.1 Å². The van der Waals surface area contributed by atoms with Crippen molar-refractivity contribution in [1.29, 1.82) is 5.26 Å². The minimum atomic E-state index is 0.532. The first-order valence-electron chi connectivity index (χ1n) is 4.90. The Balaban J connectivity index is 2.09. The molecule has 0 bridgehead atoms. The summed E-state index contributed by atoms with van der Waals surface area (Å²) in [5.74, 6) is 0.590. The van der Waals surface area contributed by atoms with Gasteiger partial charge in [-0.05, 0) is 17.7 Å². The Kier molecular flexibility index (Phi) is 3.52. The Hall–Kier alpha value is -2.13. The monoisotopic (exact) mass is 246 g/mol. The summed E-state index contributed by atoms with van der Waals surface area (Å²) in [6.45, 7) is 0.605. The zero-order valence-electron chi connectivity index (χ0n) is 9.17. The third-order valence-electron chi connectivity index (χ3n) is 2.19. The molecular formula is C11H10N4OS. The van der Waals surface area contributed by atoms with Crippen LogP contribution in [0.5, 0.6) is 5.75 Å². The number of ether oxygens (including phenoxy) is 1. The third kappa shape index (κ3) is 2.71. The highest BCUT2D eigenvalue weighted by atomic mass is 32.1. The molecule has 1 aromatic carbocycles. The molecule has 0 saturated heterocycles. The summed E-state index contributed by atoms with van der Waals surface area (Å²) in [5.41, 5.74) is 3.19. The highest BCUT2D eigenvalue weighted by Gasteiger charge is 2.04. The van der Waals surface area contributed by atoms with Gasteiger partial charge in [0.15, 0.2) is 0 Å². The van der Waals surface area contributed by atoms with E-state index in [1.54, 1.807) is 24.8 Å². The average molecular weight is 246 g/mol. The maximum Gasteiger partial charge on any atom is 0.205 e. The molecule has 5 nitrogen and oxygen atoms in total. The SMILES string of the molecule is COc1ccc(CNc2nncs2)cc1C#N. The van der Waals surface area contributed by atoms with Gasteiger partial charge in [0, 0.05) is 6.54 Å². The van der Waals surface area contributed by atoms with Crippen molar-refractivity contribution in [3.8, 4) is 11.8 Å². The standard InChI is InChI=1S/C11H10N4OS/c1-16-10-3-2-8(4-9(10)5-12)6-13-11-15-14-7-17-11/h2-4,7H,6H2,1H3,(H,13,15). The average Bonchev–Trinajstić information content (AvgIpc) is 2.89. The van der Waals surface area contributed by atoms with Crippen molar-refractivity contribution in [3.05, 3.63) is 34.8 Å². The van der Waals surface area contributed by atoms with Crippen LogP contribution in [0.15, 0.2) is 23.7 Å². The zero-order valence-corrected chi connectivity index (χ0v) is 9.99. The van der Waals surface area contributed by atoms with Crippen molar-refractivity contribution in [2.24, 2.45) is 0 Å². The molecule has 1 N–H and O–H groups in total. The Labute approximate surface area is 103 Å². The van der Waals surface area contributed by atoms with Crippen LogP contribution in [0, 0.1) is 11.3 Å². The van der Waals surface area contributed by atoms with Gasteiger partial charge >= 0.3 is 0 Å². The fourth-order valence-corrected chi connectivity index (χ4v) is 1.82. The molecule has 1 heterocycles. The zero-order chi connectivity index (χ0) is 12.1. The van der Waals surface area contributed by atoms with Gasteiger partial charge in [-0.1, -0.05) is 17.4 Å². The third-order valence-corrected chi connectivity index (χ3v) is 2.84. The van der Waals surface area contributed by atoms with Crippen LogP contribution in [0.25, 0.3) is 0 Å². The molecule has 0 atom stereocenters. The second kappa shape index (κ2) is 5.27. The lowest BCUT2D eigenvalue weighted by molar-refractivity contribution is 0.413. The van der Waals surface area contributed by atoms with Crippen molar-refractivity contribution < 1.29 is 4.74 Å². The summed E-state index contributed by atoms with van der Waals surface area (Å²) in [7, 11) is 1.55. The first kappa shape index (κ1) is 11.4.